The van der Waals surface area contributed by atoms with Crippen LogP contribution < -0.4 is 14.4 Å². The second-order valence-electron chi connectivity index (χ2n) is 5.67. The molecule has 0 unspecified atom stereocenters. The fourth-order valence-corrected chi connectivity index (χ4v) is 3.60. The van der Waals surface area contributed by atoms with Crippen molar-refractivity contribution in [1.82, 2.24) is 0 Å². The van der Waals surface area contributed by atoms with Gasteiger partial charge in [0.15, 0.2) is 0 Å². The third kappa shape index (κ3) is 5.64. The van der Waals surface area contributed by atoms with E-state index in [9.17, 15) is 13.2 Å². The summed E-state index contributed by atoms with van der Waals surface area (Å²) in [7, 11) is -1.95. The van der Waals surface area contributed by atoms with E-state index in [1.54, 1.807) is 42.5 Å². The normalized spacial score (nSPS) is 11.0. The zero-order chi connectivity index (χ0) is 19.2. The van der Waals surface area contributed by atoms with Gasteiger partial charge in [-0.15, -0.1) is 0 Å². The van der Waals surface area contributed by atoms with Crippen LogP contribution in [0.5, 0.6) is 5.75 Å². The Morgan fingerprint density at radius 1 is 1.19 bits per heavy atom. The van der Waals surface area contributed by atoms with Crippen LogP contribution in [-0.2, 0) is 14.8 Å². The number of ether oxygens (including phenoxy) is 1. The van der Waals surface area contributed by atoms with Gasteiger partial charge in [0.25, 0.3) is 0 Å². The average Bonchev–Trinajstić information content (AvgIpc) is 2.58. The maximum Gasteiger partial charge on any atom is 0.232 e. The average molecular weight is 397 g/mol. The predicted octanol–water partition coefficient (Wildman–Crippen LogP) is 3.53. The van der Waals surface area contributed by atoms with Gasteiger partial charge in [-0.3, -0.25) is 9.10 Å². The monoisotopic (exact) mass is 396 g/mol. The number of halogens is 1. The summed E-state index contributed by atoms with van der Waals surface area (Å²) in [5, 5.41) is 3.22. The second-order valence-corrected chi connectivity index (χ2v) is 8.01. The van der Waals surface area contributed by atoms with Gasteiger partial charge in [0.2, 0.25) is 15.9 Å². The summed E-state index contributed by atoms with van der Waals surface area (Å²) in [5.74, 6) is 0.353. The smallest absolute Gasteiger partial charge is 0.232 e. The number of amides is 1. The number of anilines is 2. The van der Waals surface area contributed by atoms with E-state index in [2.05, 4.69) is 5.32 Å². The molecule has 6 nitrogen and oxygen atoms in total. The van der Waals surface area contributed by atoms with Crippen molar-refractivity contribution >= 4 is 38.9 Å². The van der Waals surface area contributed by atoms with Crippen LogP contribution in [0.15, 0.2) is 48.5 Å². The Bertz CT molecular complexity index is 871. The first-order chi connectivity index (χ1) is 12.3. The number of carbonyl (C=O) groups is 1. The predicted molar refractivity (Wildman–Crippen MR) is 104 cm³/mol. The molecule has 0 aliphatic carbocycles. The molecule has 0 radical (unpaired) electrons. The van der Waals surface area contributed by atoms with Crippen molar-refractivity contribution in [3.05, 3.63) is 53.6 Å². The van der Waals surface area contributed by atoms with Crippen molar-refractivity contribution in [2.24, 2.45) is 0 Å². The number of carbonyl (C=O) groups excluding carboxylic acids is 1. The topological polar surface area (TPSA) is 75.7 Å². The Labute approximate surface area is 158 Å². The van der Waals surface area contributed by atoms with Crippen LogP contribution in [0.4, 0.5) is 11.4 Å². The van der Waals surface area contributed by atoms with Gasteiger partial charge in [-0.25, -0.2) is 8.42 Å². The highest BCUT2D eigenvalue weighted by Crippen LogP contribution is 2.24. The number of methoxy groups -OCH3 is 1. The summed E-state index contributed by atoms with van der Waals surface area (Å²) in [4.78, 5) is 12.1. The molecule has 0 fully saturated rings. The van der Waals surface area contributed by atoms with Crippen LogP contribution in [-0.4, -0.2) is 34.2 Å². The Balaban J connectivity index is 1.98. The molecule has 2 aromatic carbocycles. The first kappa shape index (κ1) is 20.1. The number of sulfonamides is 1. The molecule has 140 valence electrons. The lowest BCUT2D eigenvalue weighted by molar-refractivity contribution is -0.116. The minimum Gasteiger partial charge on any atom is -0.495 e. The first-order valence-corrected chi connectivity index (χ1v) is 10.2. The van der Waals surface area contributed by atoms with Crippen LogP contribution in [0.1, 0.15) is 12.8 Å². The zero-order valence-corrected chi connectivity index (χ0v) is 16.2. The van der Waals surface area contributed by atoms with Gasteiger partial charge in [-0.05, 0) is 36.8 Å². The number of nitrogens with one attached hydrogen (secondary N) is 1. The van der Waals surface area contributed by atoms with E-state index in [1.165, 1.54) is 11.4 Å². The third-order valence-electron chi connectivity index (χ3n) is 3.64. The van der Waals surface area contributed by atoms with Gasteiger partial charge >= 0.3 is 0 Å². The molecule has 1 N–H and O–H groups in total. The molecule has 8 heteroatoms. The number of hydrogen-bond donors (Lipinski definition) is 1. The Hall–Kier alpha value is -2.25. The molecule has 0 atom stereocenters. The van der Waals surface area contributed by atoms with E-state index in [-0.39, 0.29) is 18.9 Å². The van der Waals surface area contributed by atoms with Crippen LogP contribution in [0.25, 0.3) is 0 Å². The molecule has 0 bridgehead atoms. The van der Waals surface area contributed by atoms with E-state index in [0.717, 1.165) is 6.26 Å². The van der Waals surface area contributed by atoms with Gasteiger partial charge in [-0.1, -0.05) is 29.8 Å². The van der Waals surface area contributed by atoms with Crippen molar-refractivity contribution < 1.29 is 17.9 Å². The van der Waals surface area contributed by atoms with E-state index < -0.39 is 10.0 Å². The molecule has 0 spiro atoms. The standard InChI is InChI=1S/C18H21ClN2O4S/c1-25-17-10-4-3-9-16(17)20-18(22)11-6-12-21(26(2,23)24)15-8-5-7-14(19)13-15/h3-5,7-10,13H,6,11-12H2,1-2H3,(H,20,22). The molecule has 0 heterocycles. The summed E-state index contributed by atoms with van der Waals surface area (Å²) >= 11 is 5.94. The molecule has 0 saturated heterocycles. The summed E-state index contributed by atoms with van der Waals surface area (Å²) in [6.45, 7) is 0.179. The quantitative estimate of drug-likeness (QED) is 0.740. The fraction of sp³-hybridized carbons (Fsp3) is 0.278. The summed E-state index contributed by atoms with van der Waals surface area (Å²) in [6.07, 6.45) is 1.66. The van der Waals surface area contributed by atoms with Crippen LogP contribution in [0.3, 0.4) is 0 Å². The van der Waals surface area contributed by atoms with Crippen molar-refractivity contribution in [2.75, 3.05) is 29.5 Å². The van der Waals surface area contributed by atoms with E-state index in [0.29, 0.717) is 28.6 Å². The molecule has 26 heavy (non-hydrogen) atoms. The lowest BCUT2D eigenvalue weighted by Gasteiger charge is -2.22. The number of rotatable bonds is 8. The Morgan fingerprint density at radius 3 is 2.58 bits per heavy atom. The fourth-order valence-electron chi connectivity index (χ4n) is 2.46. The molecule has 2 rings (SSSR count). The largest absolute Gasteiger partial charge is 0.495 e. The molecular weight excluding hydrogens is 376 g/mol. The third-order valence-corrected chi connectivity index (χ3v) is 5.07. The molecule has 1 amide bonds. The second kappa shape index (κ2) is 8.91. The van der Waals surface area contributed by atoms with E-state index >= 15 is 0 Å². The lowest BCUT2D eigenvalue weighted by Crippen LogP contribution is -2.31. The summed E-state index contributed by atoms with van der Waals surface area (Å²) in [6, 6.07) is 13.7. The van der Waals surface area contributed by atoms with Crippen LogP contribution >= 0.6 is 11.6 Å². The SMILES string of the molecule is COc1ccccc1NC(=O)CCCN(c1cccc(Cl)c1)S(C)(=O)=O. The number of benzene rings is 2. The molecule has 0 aliphatic heterocycles. The molecule has 0 aromatic heterocycles. The number of hydrogen-bond acceptors (Lipinski definition) is 4. The Kier molecular flexibility index (Phi) is 6.88. The highest BCUT2D eigenvalue weighted by atomic mass is 35.5. The zero-order valence-electron chi connectivity index (χ0n) is 14.6. The molecule has 0 saturated carbocycles. The van der Waals surface area contributed by atoms with E-state index in [4.69, 9.17) is 16.3 Å². The van der Waals surface area contributed by atoms with Gasteiger partial charge in [0.05, 0.1) is 24.7 Å². The summed E-state index contributed by atoms with van der Waals surface area (Å²) in [5.41, 5.74) is 1.06. The highest BCUT2D eigenvalue weighted by molar-refractivity contribution is 7.92. The van der Waals surface area contributed by atoms with E-state index in [1.807, 2.05) is 6.07 Å². The van der Waals surface area contributed by atoms with Gasteiger partial charge < -0.3 is 10.1 Å². The van der Waals surface area contributed by atoms with Gasteiger partial charge in [0.1, 0.15) is 5.75 Å². The molecular formula is C18H21ClN2O4S. The van der Waals surface area contributed by atoms with Crippen molar-refractivity contribution in [3.8, 4) is 5.75 Å². The van der Waals surface area contributed by atoms with Crippen LogP contribution in [0, 0.1) is 0 Å². The summed E-state index contributed by atoms with van der Waals surface area (Å²) < 4.78 is 30.6. The van der Waals surface area contributed by atoms with Gasteiger partial charge in [0, 0.05) is 18.0 Å². The molecule has 0 aliphatic rings. The van der Waals surface area contributed by atoms with Crippen molar-refractivity contribution in [3.63, 3.8) is 0 Å². The first-order valence-electron chi connectivity index (χ1n) is 7.97. The minimum atomic E-state index is -3.48. The highest BCUT2D eigenvalue weighted by Gasteiger charge is 2.18. The minimum absolute atomic E-state index is 0.171. The van der Waals surface area contributed by atoms with Crippen LogP contribution in [0.2, 0.25) is 5.02 Å². The maximum atomic E-state index is 12.1. The lowest BCUT2D eigenvalue weighted by atomic mass is 10.2. The maximum absolute atomic E-state index is 12.1. The Morgan fingerprint density at radius 2 is 1.92 bits per heavy atom. The number of para-hydroxylation sites is 2. The van der Waals surface area contributed by atoms with Crippen molar-refractivity contribution in [2.45, 2.75) is 12.8 Å². The number of nitrogens with zero attached hydrogens (tertiary/aromatic N) is 1. The van der Waals surface area contributed by atoms with Crippen molar-refractivity contribution in [1.29, 1.82) is 0 Å². The molecule has 2 aromatic rings. The van der Waals surface area contributed by atoms with Gasteiger partial charge in [-0.2, -0.15) is 0 Å².